The van der Waals surface area contributed by atoms with Crippen LogP contribution < -0.4 is 5.32 Å². The highest BCUT2D eigenvalue weighted by atomic mass is 79.9. The van der Waals surface area contributed by atoms with Gasteiger partial charge in [0.2, 0.25) is 5.89 Å². The number of benzene rings is 1. The third-order valence-electron chi connectivity index (χ3n) is 2.25. The number of phenolic OH excluding ortho intramolecular Hbond substituents is 1. The quantitative estimate of drug-likeness (QED) is 0.858. The number of aromatic hydroxyl groups is 1. The van der Waals surface area contributed by atoms with Gasteiger partial charge in [0.15, 0.2) is 5.82 Å². The molecule has 0 bridgehead atoms. The summed E-state index contributed by atoms with van der Waals surface area (Å²) >= 11 is 6.58. The summed E-state index contributed by atoms with van der Waals surface area (Å²) in [6, 6.07) is 3.71. The number of hydrogen-bond donors (Lipinski definition) is 2. The predicted molar refractivity (Wildman–Crippen MR) is 73.1 cm³/mol. The first-order chi connectivity index (χ1) is 8.56. The summed E-state index contributed by atoms with van der Waals surface area (Å²) in [5.74, 6) is 1.39. The molecule has 2 rings (SSSR count). The van der Waals surface area contributed by atoms with Crippen molar-refractivity contribution in [1.29, 1.82) is 0 Å². The highest BCUT2D eigenvalue weighted by molar-refractivity contribution is 9.11. The summed E-state index contributed by atoms with van der Waals surface area (Å²) in [6.45, 7) is 2.93. The van der Waals surface area contributed by atoms with Crippen molar-refractivity contribution in [3.8, 4) is 5.75 Å². The van der Waals surface area contributed by atoms with Crippen molar-refractivity contribution in [3.05, 3.63) is 38.4 Å². The number of nitrogens with one attached hydrogen (secondary N) is 1. The Labute approximate surface area is 121 Å². The van der Waals surface area contributed by atoms with Crippen molar-refractivity contribution in [3.63, 3.8) is 0 Å². The summed E-state index contributed by atoms with van der Waals surface area (Å²) < 4.78 is 6.30. The van der Waals surface area contributed by atoms with E-state index in [1.807, 2.05) is 12.1 Å². The number of halogens is 2. The van der Waals surface area contributed by atoms with Crippen molar-refractivity contribution in [2.45, 2.75) is 20.0 Å². The summed E-state index contributed by atoms with van der Waals surface area (Å²) in [6.07, 6.45) is 0. The molecule has 0 amide bonds. The van der Waals surface area contributed by atoms with Crippen LogP contribution in [0.2, 0.25) is 0 Å². The standard InChI is InChI=1S/C11H11Br2N3O2/c1-6-15-10(18-16-6)5-14-4-7-2-8(12)11(17)9(13)3-7/h2-3,14,17H,4-5H2,1H3. The van der Waals surface area contributed by atoms with E-state index in [4.69, 9.17) is 4.52 Å². The van der Waals surface area contributed by atoms with Gasteiger partial charge in [-0.3, -0.25) is 0 Å². The van der Waals surface area contributed by atoms with E-state index >= 15 is 0 Å². The Hall–Kier alpha value is -0.920. The molecular weight excluding hydrogens is 366 g/mol. The van der Waals surface area contributed by atoms with Gasteiger partial charge in [-0.2, -0.15) is 4.98 Å². The van der Waals surface area contributed by atoms with Gasteiger partial charge in [-0.05, 0) is 56.5 Å². The van der Waals surface area contributed by atoms with E-state index in [0.717, 1.165) is 5.56 Å². The maximum absolute atomic E-state index is 9.59. The lowest BCUT2D eigenvalue weighted by atomic mass is 10.2. The van der Waals surface area contributed by atoms with E-state index in [2.05, 4.69) is 47.3 Å². The maximum atomic E-state index is 9.59. The molecule has 0 fully saturated rings. The Bertz CT molecular complexity index is 534. The normalized spacial score (nSPS) is 10.8. The number of rotatable bonds is 4. The third kappa shape index (κ3) is 3.30. The lowest BCUT2D eigenvalue weighted by Crippen LogP contribution is -2.13. The number of hydrogen-bond acceptors (Lipinski definition) is 5. The van der Waals surface area contributed by atoms with Crippen LogP contribution in [0.5, 0.6) is 5.75 Å². The van der Waals surface area contributed by atoms with Crippen LogP contribution in [0.25, 0.3) is 0 Å². The largest absolute Gasteiger partial charge is 0.506 e. The minimum atomic E-state index is 0.200. The van der Waals surface area contributed by atoms with Gasteiger partial charge >= 0.3 is 0 Å². The molecule has 18 heavy (non-hydrogen) atoms. The lowest BCUT2D eigenvalue weighted by molar-refractivity contribution is 0.364. The average Bonchev–Trinajstić information content (AvgIpc) is 2.72. The molecular formula is C11H11Br2N3O2. The van der Waals surface area contributed by atoms with E-state index in [1.165, 1.54) is 0 Å². The van der Waals surface area contributed by atoms with E-state index < -0.39 is 0 Å². The van der Waals surface area contributed by atoms with Crippen LogP contribution in [-0.4, -0.2) is 15.2 Å². The van der Waals surface area contributed by atoms with E-state index in [0.29, 0.717) is 33.8 Å². The third-order valence-corrected chi connectivity index (χ3v) is 3.46. The predicted octanol–water partition coefficient (Wildman–Crippen LogP) is 2.90. The molecule has 0 aliphatic carbocycles. The molecule has 1 aromatic heterocycles. The second-order valence-corrected chi connectivity index (χ2v) is 5.46. The first-order valence-corrected chi connectivity index (χ1v) is 6.81. The van der Waals surface area contributed by atoms with Crippen LogP contribution in [0.15, 0.2) is 25.6 Å². The van der Waals surface area contributed by atoms with Crippen LogP contribution >= 0.6 is 31.9 Å². The van der Waals surface area contributed by atoms with Crippen molar-refractivity contribution in [2.75, 3.05) is 0 Å². The Morgan fingerprint density at radius 3 is 2.50 bits per heavy atom. The monoisotopic (exact) mass is 375 g/mol. The highest BCUT2D eigenvalue weighted by Gasteiger charge is 2.06. The molecule has 0 saturated carbocycles. The number of nitrogens with zero attached hydrogens (tertiary/aromatic N) is 2. The Balaban J connectivity index is 1.94. The van der Waals surface area contributed by atoms with E-state index in [9.17, 15) is 5.11 Å². The molecule has 0 unspecified atom stereocenters. The smallest absolute Gasteiger partial charge is 0.240 e. The first kappa shape index (κ1) is 13.5. The Kier molecular flexibility index (Phi) is 4.36. The van der Waals surface area contributed by atoms with Crippen LogP contribution in [0, 0.1) is 6.92 Å². The molecule has 2 N–H and O–H groups in total. The second kappa shape index (κ2) is 5.81. The summed E-state index contributed by atoms with van der Waals surface area (Å²) in [4.78, 5) is 4.09. The molecule has 2 aromatic rings. The molecule has 0 atom stereocenters. The minimum Gasteiger partial charge on any atom is -0.506 e. The molecule has 5 nitrogen and oxygen atoms in total. The summed E-state index contributed by atoms with van der Waals surface area (Å²) in [5, 5.41) is 16.5. The fourth-order valence-electron chi connectivity index (χ4n) is 1.45. The van der Waals surface area contributed by atoms with Crippen molar-refractivity contribution in [2.24, 2.45) is 0 Å². The first-order valence-electron chi connectivity index (χ1n) is 5.23. The minimum absolute atomic E-state index is 0.200. The van der Waals surface area contributed by atoms with Crippen molar-refractivity contribution >= 4 is 31.9 Å². The fraction of sp³-hybridized carbons (Fsp3) is 0.273. The SMILES string of the molecule is Cc1noc(CNCc2cc(Br)c(O)c(Br)c2)n1. The van der Waals surface area contributed by atoms with Gasteiger partial charge in [-0.1, -0.05) is 5.16 Å². The van der Waals surface area contributed by atoms with Crippen LogP contribution in [-0.2, 0) is 13.1 Å². The van der Waals surface area contributed by atoms with Crippen LogP contribution in [0.1, 0.15) is 17.3 Å². The topological polar surface area (TPSA) is 71.2 Å². The van der Waals surface area contributed by atoms with Gasteiger partial charge in [-0.25, -0.2) is 0 Å². The number of aryl methyl sites for hydroxylation is 1. The highest BCUT2D eigenvalue weighted by Crippen LogP contribution is 2.33. The zero-order chi connectivity index (χ0) is 13.1. The Morgan fingerprint density at radius 1 is 1.28 bits per heavy atom. The zero-order valence-electron chi connectivity index (χ0n) is 9.57. The maximum Gasteiger partial charge on any atom is 0.240 e. The van der Waals surface area contributed by atoms with Gasteiger partial charge < -0.3 is 14.9 Å². The summed E-state index contributed by atoms with van der Waals surface area (Å²) in [7, 11) is 0. The van der Waals surface area contributed by atoms with Crippen LogP contribution in [0.4, 0.5) is 0 Å². The average molecular weight is 377 g/mol. The van der Waals surface area contributed by atoms with E-state index in [-0.39, 0.29) is 5.75 Å². The number of phenols is 1. The Morgan fingerprint density at radius 2 is 1.94 bits per heavy atom. The van der Waals surface area contributed by atoms with Gasteiger partial charge in [0.1, 0.15) is 5.75 Å². The molecule has 0 saturated heterocycles. The zero-order valence-corrected chi connectivity index (χ0v) is 12.7. The summed E-state index contributed by atoms with van der Waals surface area (Å²) in [5.41, 5.74) is 1.03. The van der Waals surface area contributed by atoms with Crippen molar-refractivity contribution < 1.29 is 9.63 Å². The molecule has 0 radical (unpaired) electrons. The molecule has 0 aliphatic heterocycles. The van der Waals surface area contributed by atoms with Gasteiger partial charge in [0.25, 0.3) is 0 Å². The van der Waals surface area contributed by atoms with Gasteiger partial charge in [0.05, 0.1) is 15.5 Å². The van der Waals surface area contributed by atoms with E-state index in [1.54, 1.807) is 6.92 Å². The second-order valence-electron chi connectivity index (χ2n) is 3.75. The lowest BCUT2D eigenvalue weighted by Gasteiger charge is -2.06. The molecule has 0 aliphatic rings. The van der Waals surface area contributed by atoms with Crippen molar-refractivity contribution in [1.82, 2.24) is 15.5 Å². The van der Waals surface area contributed by atoms with Gasteiger partial charge in [-0.15, -0.1) is 0 Å². The molecule has 1 aromatic carbocycles. The molecule has 1 heterocycles. The number of aromatic nitrogens is 2. The molecule has 96 valence electrons. The molecule has 0 spiro atoms. The van der Waals surface area contributed by atoms with Gasteiger partial charge in [0, 0.05) is 6.54 Å². The molecule has 7 heteroatoms. The van der Waals surface area contributed by atoms with Crippen LogP contribution in [0.3, 0.4) is 0 Å². The fourth-order valence-corrected chi connectivity index (χ4v) is 2.73.